The second-order valence-corrected chi connectivity index (χ2v) is 4.44. The fourth-order valence-electron chi connectivity index (χ4n) is 1.90. The van der Waals surface area contributed by atoms with Gasteiger partial charge in [0.25, 0.3) is 5.91 Å². The van der Waals surface area contributed by atoms with Crippen LogP contribution in [-0.2, 0) is 0 Å². The van der Waals surface area contributed by atoms with Crippen LogP contribution in [-0.4, -0.2) is 35.1 Å². The smallest absolute Gasteiger partial charge is 0.257 e. The third-order valence-electron chi connectivity index (χ3n) is 2.94. The molecule has 92 valence electrons. The Hall–Kier alpha value is -1.42. The number of aliphatic hydroxyl groups is 1. The summed E-state index contributed by atoms with van der Waals surface area (Å²) in [4.78, 5) is 13.7. The van der Waals surface area contributed by atoms with Gasteiger partial charge in [-0.2, -0.15) is 0 Å². The number of hydrogen-bond acceptors (Lipinski definition) is 2. The number of aliphatic hydroxyl groups excluding tert-OH is 1. The van der Waals surface area contributed by atoms with Crippen molar-refractivity contribution in [2.24, 2.45) is 0 Å². The fourth-order valence-corrected chi connectivity index (χ4v) is 1.90. The minimum atomic E-state index is -0.496. The first-order valence-corrected chi connectivity index (χ1v) is 5.81. The molecule has 2 rings (SSSR count). The van der Waals surface area contributed by atoms with E-state index in [-0.39, 0.29) is 30.7 Å². The molecular formula is C13H16FNO2. The van der Waals surface area contributed by atoms with Crippen LogP contribution in [0.4, 0.5) is 4.39 Å². The van der Waals surface area contributed by atoms with Crippen LogP contribution in [0.1, 0.15) is 28.8 Å². The Morgan fingerprint density at radius 1 is 1.53 bits per heavy atom. The normalized spacial score (nSPS) is 14.8. The third-order valence-corrected chi connectivity index (χ3v) is 2.94. The maximum atomic E-state index is 13.6. The van der Waals surface area contributed by atoms with Crippen molar-refractivity contribution in [3.05, 3.63) is 35.1 Å². The average Bonchev–Trinajstić information content (AvgIpc) is 3.12. The Kier molecular flexibility index (Phi) is 3.43. The van der Waals surface area contributed by atoms with E-state index in [1.165, 1.54) is 6.07 Å². The molecule has 0 heterocycles. The molecule has 0 unspecified atom stereocenters. The van der Waals surface area contributed by atoms with Crippen LogP contribution >= 0.6 is 0 Å². The topological polar surface area (TPSA) is 40.5 Å². The zero-order chi connectivity index (χ0) is 12.4. The summed E-state index contributed by atoms with van der Waals surface area (Å²) in [5, 5.41) is 8.95. The number of carbonyl (C=O) groups excluding carboxylic acids is 1. The van der Waals surface area contributed by atoms with Crippen LogP contribution in [0.25, 0.3) is 0 Å². The molecule has 1 fully saturated rings. The number of nitrogens with zero attached hydrogens (tertiary/aromatic N) is 1. The molecule has 0 radical (unpaired) electrons. The molecule has 17 heavy (non-hydrogen) atoms. The van der Waals surface area contributed by atoms with Crippen LogP contribution in [0.3, 0.4) is 0 Å². The lowest BCUT2D eigenvalue weighted by atomic mass is 10.1. The van der Waals surface area contributed by atoms with Crippen LogP contribution in [0.5, 0.6) is 0 Å². The van der Waals surface area contributed by atoms with Crippen LogP contribution in [0.2, 0.25) is 0 Å². The molecule has 1 amide bonds. The zero-order valence-electron chi connectivity index (χ0n) is 9.82. The van der Waals surface area contributed by atoms with E-state index in [1.54, 1.807) is 17.0 Å². The van der Waals surface area contributed by atoms with Crippen molar-refractivity contribution < 1.29 is 14.3 Å². The number of hydrogen-bond donors (Lipinski definition) is 1. The van der Waals surface area contributed by atoms with Crippen molar-refractivity contribution in [3.8, 4) is 0 Å². The standard InChI is InChI=1S/C13H16FNO2/c1-9-2-5-12(14)11(8-9)13(17)15(6-7-16)10-3-4-10/h2,5,8,10,16H,3-4,6-7H2,1H3. The minimum absolute atomic E-state index is 0.0876. The molecule has 1 saturated carbocycles. The summed E-state index contributed by atoms with van der Waals surface area (Å²) in [5.74, 6) is -0.813. The average molecular weight is 237 g/mol. The first kappa shape index (κ1) is 12.0. The molecule has 1 aromatic rings. The van der Waals surface area contributed by atoms with Gasteiger partial charge in [0, 0.05) is 12.6 Å². The molecule has 0 bridgehead atoms. The lowest BCUT2D eigenvalue weighted by Crippen LogP contribution is -2.36. The molecule has 4 heteroatoms. The maximum Gasteiger partial charge on any atom is 0.257 e. The highest BCUT2D eigenvalue weighted by molar-refractivity contribution is 5.95. The first-order chi connectivity index (χ1) is 8.13. The number of halogens is 1. The van der Waals surface area contributed by atoms with Crippen molar-refractivity contribution in [1.82, 2.24) is 4.90 Å². The Balaban J connectivity index is 2.24. The van der Waals surface area contributed by atoms with Crippen LogP contribution < -0.4 is 0 Å². The Labute approximate surface area is 99.9 Å². The van der Waals surface area contributed by atoms with E-state index in [1.807, 2.05) is 6.92 Å². The van der Waals surface area contributed by atoms with Gasteiger partial charge in [0.15, 0.2) is 0 Å². The summed E-state index contributed by atoms with van der Waals surface area (Å²) in [6.45, 7) is 2.01. The molecule has 3 nitrogen and oxygen atoms in total. The summed E-state index contributed by atoms with van der Waals surface area (Å²) < 4.78 is 13.6. The van der Waals surface area contributed by atoms with Crippen LogP contribution in [0, 0.1) is 12.7 Å². The van der Waals surface area contributed by atoms with Crippen molar-refractivity contribution >= 4 is 5.91 Å². The maximum absolute atomic E-state index is 13.6. The molecule has 0 atom stereocenters. The molecule has 0 spiro atoms. The van der Waals surface area contributed by atoms with Gasteiger partial charge >= 0.3 is 0 Å². The summed E-state index contributed by atoms with van der Waals surface area (Å²) >= 11 is 0. The highest BCUT2D eigenvalue weighted by Gasteiger charge is 2.33. The highest BCUT2D eigenvalue weighted by Crippen LogP contribution is 2.28. The molecule has 0 aromatic heterocycles. The largest absolute Gasteiger partial charge is 0.395 e. The molecule has 0 saturated heterocycles. The van der Waals surface area contributed by atoms with E-state index in [2.05, 4.69) is 0 Å². The number of benzene rings is 1. The van der Waals surface area contributed by atoms with Crippen molar-refractivity contribution in [1.29, 1.82) is 0 Å². The molecule has 1 aromatic carbocycles. The van der Waals surface area contributed by atoms with E-state index in [9.17, 15) is 9.18 Å². The summed E-state index contributed by atoms with van der Waals surface area (Å²) in [6, 6.07) is 4.69. The summed E-state index contributed by atoms with van der Waals surface area (Å²) in [6.07, 6.45) is 1.89. The number of carbonyl (C=O) groups is 1. The monoisotopic (exact) mass is 237 g/mol. The molecule has 0 aliphatic heterocycles. The quantitative estimate of drug-likeness (QED) is 0.866. The van der Waals surface area contributed by atoms with E-state index in [0.717, 1.165) is 18.4 Å². The Morgan fingerprint density at radius 2 is 2.24 bits per heavy atom. The Bertz CT molecular complexity index is 429. The molecule has 1 aliphatic rings. The van der Waals surface area contributed by atoms with E-state index in [0.29, 0.717) is 0 Å². The lowest BCUT2D eigenvalue weighted by molar-refractivity contribution is 0.0703. The van der Waals surface area contributed by atoms with Gasteiger partial charge in [-0.25, -0.2) is 4.39 Å². The van der Waals surface area contributed by atoms with Gasteiger partial charge in [-0.15, -0.1) is 0 Å². The van der Waals surface area contributed by atoms with Gasteiger partial charge in [-0.05, 0) is 31.9 Å². The Morgan fingerprint density at radius 3 is 2.82 bits per heavy atom. The molecule has 1 N–H and O–H groups in total. The van der Waals surface area contributed by atoms with E-state index < -0.39 is 5.82 Å². The van der Waals surface area contributed by atoms with Gasteiger partial charge in [-0.1, -0.05) is 11.6 Å². The van der Waals surface area contributed by atoms with Crippen molar-refractivity contribution in [3.63, 3.8) is 0 Å². The minimum Gasteiger partial charge on any atom is -0.395 e. The highest BCUT2D eigenvalue weighted by atomic mass is 19.1. The fraction of sp³-hybridized carbons (Fsp3) is 0.462. The number of rotatable bonds is 4. The van der Waals surface area contributed by atoms with Gasteiger partial charge < -0.3 is 10.0 Å². The van der Waals surface area contributed by atoms with E-state index >= 15 is 0 Å². The number of aryl methyl sites for hydroxylation is 1. The lowest BCUT2D eigenvalue weighted by Gasteiger charge is -2.21. The van der Waals surface area contributed by atoms with Gasteiger partial charge in [0.2, 0.25) is 0 Å². The van der Waals surface area contributed by atoms with Gasteiger partial charge in [0.1, 0.15) is 5.82 Å². The molecular weight excluding hydrogens is 221 g/mol. The predicted octanol–water partition coefficient (Wildman–Crippen LogP) is 1.73. The SMILES string of the molecule is Cc1ccc(F)c(C(=O)N(CCO)C2CC2)c1. The van der Waals surface area contributed by atoms with Crippen LogP contribution in [0.15, 0.2) is 18.2 Å². The summed E-state index contributed by atoms with van der Waals surface area (Å²) in [7, 11) is 0. The summed E-state index contributed by atoms with van der Waals surface area (Å²) in [5.41, 5.74) is 0.958. The van der Waals surface area contributed by atoms with Crippen molar-refractivity contribution in [2.75, 3.05) is 13.2 Å². The van der Waals surface area contributed by atoms with E-state index in [4.69, 9.17) is 5.11 Å². The first-order valence-electron chi connectivity index (χ1n) is 5.81. The predicted molar refractivity (Wildman–Crippen MR) is 62.3 cm³/mol. The zero-order valence-corrected chi connectivity index (χ0v) is 9.82. The molecule has 1 aliphatic carbocycles. The van der Waals surface area contributed by atoms with Gasteiger partial charge in [-0.3, -0.25) is 4.79 Å². The van der Waals surface area contributed by atoms with Gasteiger partial charge in [0.05, 0.1) is 12.2 Å². The second kappa shape index (κ2) is 4.84. The second-order valence-electron chi connectivity index (χ2n) is 4.44. The number of amides is 1. The third kappa shape index (κ3) is 2.64. The van der Waals surface area contributed by atoms with Crippen molar-refractivity contribution in [2.45, 2.75) is 25.8 Å².